The molecule has 2 N–H and O–H groups in total. The number of benzene rings is 1. The number of hydrogen-bond acceptors (Lipinski definition) is 4. The van der Waals surface area contributed by atoms with Crippen molar-refractivity contribution >= 4 is 15.9 Å². The van der Waals surface area contributed by atoms with Gasteiger partial charge in [-0.15, -0.1) is 0 Å². The van der Waals surface area contributed by atoms with Crippen molar-refractivity contribution in [3.63, 3.8) is 0 Å². The molecule has 6 nitrogen and oxygen atoms in total. The number of H-pyrrole nitrogens is 1. The van der Waals surface area contributed by atoms with E-state index in [2.05, 4.69) is 20.9 Å². The summed E-state index contributed by atoms with van der Waals surface area (Å²) in [5.41, 5.74) is 0.527. The Balaban J connectivity index is 2.20. The van der Waals surface area contributed by atoms with Gasteiger partial charge in [-0.1, -0.05) is 46.3 Å². The van der Waals surface area contributed by atoms with Gasteiger partial charge in [0.1, 0.15) is 6.73 Å². The fourth-order valence-corrected chi connectivity index (χ4v) is 2.32. The van der Waals surface area contributed by atoms with Crippen LogP contribution in [0.5, 0.6) is 0 Å². The highest BCUT2D eigenvalue weighted by molar-refractivity contribution is 9.09. The standard InChI is InChI=1S/C15H17BrN2O4/c16-7-13(9-19)22-10-18-8-12(14(20)17-15(18)21)6-11-4-2-1-3-5-11/h1-5,8,13,19H,6-7,9-10H2,(H,17,20,21). The number of aliphatic hydroxyl groups excluding tert-OH is 1. The number of ether oxygens (including phenoxy) is 1. The van der Waals surface area contributed by atoms with Crippen LogP contribution in [0, 0.1) is 0 Å². The molecule has 2 rings (SSSR count). The minimum Gasteiger partial charge on any atom is -0.394 e. The Bertz CT molecular complexity index is 707. The maximum atomic E-state index is 11.9. The first-order valence-electron chi connectivity index (χ1n) is 6.79. The van der Waals surface area contributed by atoms with E-state index in [0.717, 1.165) is 5.56 Å². The van der Waals surface area contributed by atoms with Crippen molar-refractivity contribution in [2.24, 2.45) is 0 Å². The fraction of sp³-hybridized carbons (Fsp3) is 0.333. The average molecular weight is 369 g/mol. The predicted octanol–water partition coefficient (Wildman–Crippen LogP) is 0.857. The van der Waals surface area contributed by atoms with Gasteiger partial charge in [0.25, 0.3) is 5.56 Å². The molecule has 0 aliphatic heterocycles. The molecule has 1 aromatic carbocycles. The Kier molecular flexibility index (Phi) is 6.11. The number of aromatic nitrogens is 2. The van der Waals surface area contributed by atoms with Crippen LogP contribution >= 0.6 is 15.9 Å². The van der Waals surface area contributed by atoms with Crippen LogP contribution in [0.1, 0.15) is 11.1 Å². The van der Waals surface area contributed by atoms with E-state index in [1.165, 1.54) is 10.8 Å². The predicted molar refractivity (Wildman–Crippen MR) is 86.3 cm³/mol. The molecule has 0 bridgehead atoms. The molecule has 0 radical (unpaired) electrons. The van der Waals surface area contributed by atoms with Gasteiger partial charge in [0.15, 0.2) is 0 Å². The molecule has 1 aromatic heterocycles. The average Bonchev–Trinajstić information content (AvgIpc) is 2.53. The van der Waals surface area contributed by atoms with Crippen LogP contribution in [0.3, 0.4) is 0 Å². The molecule has 0 amide bonds. The first kappa shape index (κ1) is 16.7. The maximum Gasteiger partial charge on any atom is 0.330 e. The van der Waals surface area contributed by atoms with Crippen LogP contribution in [0.25, 0.3) is 0 Å². The van der Waals surface area contributed by atoms with E-state index >= 15 is 0 Å². The molecule has 118 valence electrons. The number of nitrogens with zero attached hydrogens (tertiary/aromatic N) is 1. The summed E-state index contributed by atoms with van der Waals surface area (Å²) < 4.78 is 6.68. The van der Waals surface area contributed by atoms with E-state index < -0.39 is 17.4 Å². The summed E-state index contributed by atoms with van der Waals surface area (Å²) in [6.07, 6.45) is 1.52. The molecule has 2 aromatic rings. The van der Waals surface area contributed by atoms with E-state index in [1.807, 2.05) is 30.3 Å². The van der Waals surface area contributed by atoms with Gasteiger partial charge in [0.2, 0.25) is 0 Å². The van der Waals surface area contributed by atoms with Gasteiger partial charge in [-0.05, 0) is 5.56 Å². The largest absolute Gasteiger partial charge is 0.394 e. The minimum atomic E-state index is -0.534. The third-order valence-electron chi connectivity index (χ3n) is 3.15. The Morgan fingerprint density at radius 1 is 1.27 bits per heavy atom. The van der Waals surface area contributed by atoms with Crippen LogP contribution in [0.2, 0.25) is 0 Å². The number of halogens is 1. The van der Waals surface area contributed by atoms with Crippen LogP contribution in [-0.4, -0.2) is 32.7 Å². The van der Waals surface area contributed by atoms with Crippen molar-refractivity contribution in [2.75, 3.05) is 11.9 Å². The molecule has 0 aliphatic carbocycles. The number of aliphatic hydroxyl groups is 1. The lowest BCUT2D eigenvalue weighted by Gasteiger charge is -2.14. The highest BCUT2D eigenvalue weighted by Crippen LogP contribution is 2.05. The summed E-state index contributed by atoms with van der Waals surface area (Å²) in [5.74, 6) is 0. The SMILES string of the molecule is O=c1[nH]c(=O)n(COC(CO)CBr)cc1Cc1ccccc1. The summed E-state index contributed by atoms with van der Waals surface area (Å²) in [6.45, 7) is -0.186. The van der Waals surface area contributed by atoms with Crippen LogP contribution < -0.4 is 11.2 Å². The highest BCUT2D eigenvalue weighted by atomic mass is 79.9. The monoisotopic (exact) mass is 368 g/mol. The van der Waals surface area contributed by atoms with E-state index in [9.17, 15) is 9.59 Å². The summed E-state index contributed by atoms with van der Waals surface area (Å²) in [5, 5.41) is 9.52. The van der Waals surface area contributed by atoms with E-state index in [0.29, 0.717) is 17.3 Å². The molecule has 1 unspecified atom stereocenters. The maximum absolute atomic E-state index is 11.9. The summed E-state index contributed by atoms with van der Waals surface area (Å²) in [6, 6.07) is 9.52. The number of nitrogens with one attached hydrogen (secondary N) is 1. The molecule has 1 atom stereocenters. The molecule has 0 spiro atoms. The topological polar surface area (TPSA) is 84.3 Å². The smallest absolute Gasteiger partial charge is 0.330 e. The second-order valence-electron chi connectivity index (χ2n) is 4.80. The van der Waals surface area contributed by atoms with Gasteiger partial charge in [0, 0.05) is 23.5 Å². The lowest BCUT2D eigenvalue weighted by atomic mass is 10.1. The third-order valence-corrected chi connectivity index (χ3v) is 3.87. The van der Waals surface area contributed by atoms with E-state index in [-0.39, 0.29) is 13.3 Å². The first-order chi connectivity index (χ1) is 10.6. The molecule has 0 saturated heterocycles. The summed E-state index contributed by atoms with van der Waals surface area (Å²) in [7, 11) is 0. The Labute approximate surface area is 135 Å². The molecule has 0 fully saturated rings. The van der Waals surface area contributed by atoms with Gasteiger partial charge in [-0.25, -0.2) is 4.79 Å². The number of hydrogen-bond donors (Lipinski definition) is 2. The lowest BCUT2D eigenvalue weighted by Crippen LogP contribution is -2.34. The molecule has 0 saturated carbocycles. The van der Waals surface area contributed by atoms with E-state index in [4.69, 9.17) is 9.84 Å². The van der Waals surface area contributed by atoms with Gasteiger partial charge in [-0.3, -0.25) is 14.3 Å². The molecule has 0 aliphatic rings. The fourth-order valence-electron chi connectivity index (χ4n) is 1.92. The van der Waals surface area contributed by atoms with Gasteiger partial charge >= 0.3 is 5.69 Å². The normalized spacial score (nSPS) is 12.3. The van der Waals surface area contributed by atoms with Gasteiger partial charge in [-0.2, -0.15) is 0 Å². The minimum absolute atomic E-state index is 0.0335. The van der Waals surface area contributed by atoms with Gasteiger partial charge in [0.05, 0.1) is 12.7 Å². The first-order valence-corrected chi connectivity index (χ1v) is 7.91. The van der Waals surface area contributed by atoms with Crippen LogP contribution in [0.4, 0.5) is 0 Å². The summed E-state index contributed by atoms with van der Waals surface area (Å²) >= 11 is 3.21. The quantitative estimate of drug-likeness (QED) is 0.709. The van der Waals surface area contributed by atoms with Crippen LogP contribution in [-0.2, 0) is 17.9 Å². The van der Waals surface area contributed by atoms with Crippen molar-refractivity contribution in [3.05, 3.63) is 68.5 Å². The second-order valence-corrected chi connectivity index (χ2v) is 5.45. The zero-order chi connectivity index (χ0) is 15.9. The van der Waals surface area contributed by atoms with Crippen molar-refractivity contribution < 1.29 is 9.84 Å². The van der Waals surface area contributed by atoms with Crippen LogP contribution in [0.15, 0.2) is 46.1 Å². The third kappa shape index (κ3) is 4.40. The highest BCUT2D eigenvalue weighted by Gasteiger charge is 2.09. The molecular weight excluding hydrogens is 352 g/mol. The zero-order valence-electron chi connectivity index (χ0n) is 11.9. The molecule has 7 heteroatoms. The Morgan fingerprint density at radius 2 is 2.00 bits per heavy atom. The number of alkyl halides is 1. The number of rotatable bonds is 7. The Hall–Kier alpha value is -1.70. The second kappa shape index (κ2) is 8.07. The van der Waals surface area contributed by atoms with Crippen molar-refractivity contribution in [1.82, 2.24) is 9.55 Å². The van der Waals surface area contributed by atoms with Crippen molar-refractivity contribution in [3.8, 4) is 0 Å². The zero-order valence-corrected chi connectivity index (χ0v) is 13.5. The number of aromatic amines is 1. The molecular formula is C15H17BrN2O4. The Morgan fingerprint density at radius 3 is 2.64 bits per heavy atom. The summed E-state index contributed by atoms with van der Waals surface area (Å²) in [4.78, 5) is 26.0. The van der Waals surface area contributed by atoms with Crippen molar-refractivity contribution in [2.45, 2.75) is 19.3 Å². The molecule has 1 heterocycles. The van der Waals surface area contributed by atoms with Crippen molar-refractivity contribution in [1.29, 1.82) is 0 Å². The van der Waals surface area contributed by atoms with E-state index in [1.54, 1.807) is 0 Å². The lowest BCUT2D eigenvalue weighted by molar-refractivity contribution is -0.0115. The van der Waals surface area contributed by atoms with Gasteiger partial charge < -0.3 is 9.84 Å². The molecule has 22 heavy (non-hydrogen) atoms.